The zero-order valence-electron chi connectivity index (χ0n) is 16.9. The van der Waals surface area contributed by atoms with Crippen LogP contribution in [0.3, 0.4) is 0 Å². The zero-order chi connectivity index (χ0) is 21.8. The molecule has 1 amide bonds. The zero-order valence-corrected chi connectivity index (χ0v) is 16.9. The molecule has 1 aliphatic rings. The summed E-state index contributed by atoms with van der Waals surface area (Å²) in [5.74, 6) is -0.528. The number of para-hydroxylation sites is 1. The van der Waals surface area contributed by atoms with E-state index >= 15 is 0 Å². The number of rotatable bonds is 6. The SMILES string of the molecule is O=C(NCCCN1CCN(c2ccccc2F)CC1)c1cnc2[nH]c(=O)[nH]c(=O)c2c1. The van der Waals surface area contributed by atoms with Gasteiger partial charge in [-0.15, -0.1) is 0 Å². The van der Waals surface area contributed by atoms with Crippen LogP contribution in [0.1, 0.15) is 16.8 Å². The largest absolute Gasteiger partial charge is 0.367 e. The second-order valence-corrected chi connectivity index (χ2v) is 7.42. The number of anilines is 1. The van der Waals surface area contributed by atoms with Gasteiger partial charge in [0.1, 0.15) is 11.5 Å². The standard InChI is InChI=1S/C21H23FN6O3/c22-16-4-1-2-5-17(16)28-10-8-27(9-11-28)7-3-6-23-19(29)14-12-15-18(24-13-14)25-21(31)26-20(15)30/h1-2,4-5,12-13H,3,6-11H2,(H,23,29)(H2,24,25,26,30,31). The fourth-order valence-corrected chi connectivity index (χ4v) is 3.70. The molecule has 162 valence electrons. The molecule has 0 unspecified atom stereocenters. The number of nitrogens with zero attached hydrogens (tertiary/aromatic N) is 3. The van der Waals surface area contributed by atoms with Gasteiger partial charge in [0, 0.05) is 38.9 Å². The van der Waals surface area contributed by atoms with E-state index in [2.05, 4.69) is 30.1 Å². The highest BCUT2D eigenvalue weighted by Gasteiger charge is 2.19. The Morgan fingerprint density at radius 1 is 1.13 bits per heavy atom. The molecule has 0 radical (unpaired) electrons. The molecule has 0 bridgehead atoms. The number of pyridine rings is 1. The van der Waals surface area contributed by atoms with Crippen LogP contribution in [0.2, 0.25) is 0 Å². The van der Waals surface area contributed by atoms with E-state index in [9.17, 15) is 18.8 Å². The average molecular weight is 426 g/mol. The van der Waals surface area contributed by atoms with E-state index in [4.69, 9.17) is 0 Å². The Kier molecular flexibility index (Phi) is 6.08. The number of fused-ring (bicyclic) bond motifs is 1. The van der Waals surface area contributed by atoms with E-state index in [1.807, 2.05) is 6.07 Å². The Hall–Kier alpha value is -3.53. The van der Waals surface area contributed by atoms with Crippen molar-refractivity contribution in [2.45, 2.75) is 6.42 Å². The Bertz CT molecular complexity index is 1200. The summed E-state index contributed by atoms with van der Waals surface area (Å²) in [6, 6.07) is 8.22. The molecule has 0 spiro atoms. The lowest BCUT2D eigenvalue weighted by atomic mass is 10.2. The molecule has 1 fully saturated rings. The molecule has 3 aromatic rings. The molecule has 9 nitrogen and oxygen atoms in total. The lowest BCUT2D eigenvalue weighted by Crippen LogP contribution is -2.47. The predicted molar refractivity (Wildman–Crippen MR) is 115 cm³/mol. The topological polar surface area (TPSA) is 114 Å². The predicted octanol–water partition coefficient (Wildman–Crippen LogP) is 0.693. The first-order valence-electron chi connectivity index (χ1n) is 10.1. The number of aromatic nitrogens is 3. The van der Waals surface area contributed by atoms with Crippen LogP contribution >= 0.6 is 0 Å². The molecule has 3 heterocycles. The quantitative estimate of drug-likeness (QED) is 0.500. The van der Waals surface area contributed by atoms with Crippen molar-refractivity contribution in [3.8, 4) is 0 Å². The number of hydrogen-bond acceptors (Lipinski definition) is 6. The monoisotopic (exact) mass is 426 g/mol. The third kappa shape index (κ3) is 4.80. The van der Waals surface area contributed by atoms with Gasteiger partial charge in [-0.3, -0.25) is 24.5 Å². The van der Waals surface area contributed by atoms with Gasteiger partial charge in [0.25, 0.3) is 11.5 Å². The van der Waals surface area contributed by atoms with Crippen molar-refractivity contribution in [2.24, 2.45) is 0 Å². The third-order valence-corrected chi connectivity index (χ3v) is 5.36. The van der Waals surface area contributed by atoms with Crippen molar-refractivity contribution in [2.75, 3.05) is 44.2 Å². The number of piperazine rings is 1. The van der Waals surface area contributed by atoms with Gasteiger partial charge >= 0.3 is 5.69 Å². The average Bonchev–Trinajstić information content (AvgIpc) is 2.77. The number of carbonyl (C=O) groups is 1. The van der Waals surface area contributed by atoms with Gasteiger partial charge in [-0.1, -0.05) is 12.1 Å². The summed E-state index contributed by atoms with van der Waals surface area (Å²) in [7, 11) is 0. The van der Waals surface area contributed by atoms with Crippen LogP contribution in [-0.2, 0) is 0 Å². The van der Waals surface area contributed by atoms with Crippen molar-refractivity contribution in [1.29, 1.82) is 0 Å². The maximum atomic E-state index is 13.9. The molecular weight excluding hydrogens is 403 g/mol. The molecule has 3 N–H and O–H groups in total. The normalized spacial score (nSPS) is 14.7. The number of benzene rings is 1. The second-order valence-electron chi connectivity index (χ2n) is 7.42. The molecule has 0 atom stereocenters. The highest BCUT2D eigenvalue weighted by molar-refractivity contribution is 5.96. The van der Waals surface area contributed by atoms with E-state index in [0.29, 0.717) is 12.2 Å². The molecule has 31 heavy (non-hydrogen) atoms. The molecule has 1 saturated heterocycles. The summed E-state index contributed by atoms with van der Waals surface area (Å²) >= 11 is 0. The summed E-state index contributed by atoms with van der Waals surface area (Å²) in [5, 5.41) is 2.98. The molecular formula is C21H23FN6O3. The number of halogens is 1. The molecule has 2 aromatic heterocycles. The number of aromatic amines is 2. The fourth-order valence-electron chi connectivity index (χ4n) is 3.70. The van der Waals surface area contributed by atoms with E-state index in [1.54, 1.807) is 12.1 Å². The van der Waals surface area contributed by atoms with Crippen molar-refractivity contribution >= 4 is 22.6 Å². The minimum Gasteiger partial charge on any atom is -0.367 e. The maximum absolute atomic E-state index is 13.9. The molecule has 0 aliphatic carbocycles. The van der Waals surface area contributed by atoms with Crippen LogP contribution in [0.25, 0.3) is 11.0 Å². The lowest BCUT2D eigenvalue weighted by Gasteiger charge is -2.36. The molecule has 1 aromatic carbocycles. The van der Waals surface area contributed by atoms with Gasteiger partial charge in [0.15, 0.2) is 0 Å². The molecule has 10 heteroatoms. The van der Waals surface area contributed by atoms with Crippen LogP contribution in [0.15, 0.2) is 46.1 Å². The first kappa shape index (κ1) is 20.7. The van der Waals surface area contributed by atoms with Gasteiger partial charge in [-0.25, -0.2) is 14.2 Å². The Balaban J connectivity index is 1.24. The highest BCUT2D eigenvalue weighted by atomic mass is 19.1. The summed E-state index contributed by atoms with van der Waals surface area (Å²) in [5.41, 5.74) is -0.197. The first-order chi connectivity index (χ1) is 15.0. The Morgan fingerprint density at radius 2 is 1.90 bits per heavy atom. The molecule has 4 rings (SSSR count). The molecule has 1 aliphatic heterocycles. The maximum Gasteiger partial charge on any atom is 0.327 e. The van der Waals surface area contributed by atoms with Crippen molar-refractivity contribution in [3.63, 3.8) is 0 Å². The van der Waals surface area contributed by atoms with Gasteiger partial charge < -0.3 is 10.2 Å². The van der Waals surface area contributed by atoms with Crippen molar-refractivity contribution < 1.29 is 9.18 Å². The van der Waals surface area contributed by atoms with Gasteiger partial charge in [0.2, 0.25) is 0 Å². The van der Waals surface area contributed by atoms with Crippen LogP contribution in [0.5, 0.6) is 0 Å². The fraction of sp³-hybridized carbons (Fsp3) is 0.333. The number of hydrogen-bond donors (Lipinski definition) is 3. The smallest absolute Gasteiger partial charge is 0.327 e. The third-order valence-electron chi connectivity index (χ3n) is 5.36. The minimum absolute atomic E-state index is 0.139. The van der Waals surface area contributed by atoms with Crippen LogP contribution in [0.4, 0.5) is 10.1 Å². The second kappa shape index (κ2) is 9.09. The van der Waals surface area contributed by atoms with Crippen molar-refractivity contribution in [1.82, 2.24) is 25.2 Å². The summed E-state index contributed by atoms with van der Waals surface area (Å²) in [6.45, 7) is 4.48. The number of nitrogens with one attached hydrogen (secondary N) is 3. The summed E-state index contributed by atoms with van der Waals surface area (Å²) < 4.78 is 13.9. The van der Waals surface area contributed by atoms with Gasteiger partial charge in [-0.2, -0.15) is 0 Å². The van der Waals surface area contributed by atoms with Gasteiger partial charge in [0.05, 0.1) is 16.6 Å². The van der Waals surface area contributed by atoms with E-state index in [0.717, 1.165) is 39.1 Å². The minimum atomic E-state index is -0.642. The highest BCUT2D eigenvalue weighted by Crippen LogP contribution is 2.20. The van der Waals surface area contributed by atoms with Crippen LogP contribution < -0.4 is 21.5 Å². The summed E-state index contributed by atoms with van der Waals surface area (Å²) in [6.07, 6.45) is 2.09. The van der Waals surface area contributed by atoms with Crippen LogP contribution in [0, 0.1) is 5.82 Å². The Labute approximate surface area is 176 Å². The first-order valence-corrected chi connectivity index (χ1v) is 10.1. The Morgan fingerprint density at radius 3 is 2.68 bits per heavy atom. The van der Waals surface area contributed by atoms with Gasteiger partial charge in [-0.05, 0) is 31.2 Å². The van der Waals surface area contributed by atoms with Crippen LogP contribution in [-0.4, -0.2) is 65.0 Å². The molecule has 0 saturated carbocycles. The lowest BCUT2D eigenvalue weighted by molar-refractivity contribution is 0.0951. The number of carbonyl (C=O) groups excluding carboxylic acids is 1. The number of H-pyrrole nitrogens is 2. The van der Waals surface area contributed by atoms with E-state index < -0.39 is 11.2 Å². The van der Waals surface area contributed by atoms with E-state index in [1.165, 1.54) is 18.3 Å². The summed E-state index contributed by atoms with van der Waals surface area (Å²) in [4.78, 5) is 48.4. The van der Waals surface area contributed by atoms with Crippen molar-refractivity contribution in [3.05, 3.63) is 68.7 Å². The van der Waals surface area contributed by atoms with E-state index in [-0.39, 0.29) is 28.3 Å². The number of amides is 1.